The standard InChI is InChI=1S/C21H26N4O5/c1-2-29-17-7-4-3-6-16(17)24-9-11-25(12-10-24)20(27)15-22-19(26)14-23-21(28)18-8-5-13-30-18/h3-8,13H,2,9-12,14-15H2,1H3,(H,22,26)(H,23,28). The Morgan fingerprint density at radius 3 is 2.47 bits per heavy atom. The molecule has 0 aliphatic carbocycles. The van der Waals surface area contributed by atoms with Crippen LogP contribution in [0.25, 0.3) is 0 Å². The molecule has 2 N–H and O–H groups in total. The molecule has 0 bridgehead atoms. The Morgan fingerprint density at radius 2 is 1.77 bits per heavy atom. The molecule has 9 nitrogen and oxygen atoms in total. The molecule has 1 aromatic carbocycles. The van der Waals surface area contributed by atoms with Crippen LogP contribution in [0.15, 0.2) is 47.1 Å². The fourth-order valence-corrected chi connectivity index (χ4v) is 3.20. The second-order valence-electron chi connectivity index (χ2n) is 6.71. The molecule has 0 unspecified atom stereocenters. The molecule has 1 aromatic heterocycles. The van der Waals surface area contributed by atoms with Gasteiger partial charge in [0.1, 0.15) is 5.75 Å². The molecular formula is C21H26N4O5. The summed E-state index contributed by atoms with van der Waals surface area (Å²) in [6, 6.07) is 11.0. The smallest absolute Gasteiger partial charge is 0.287 e. The van der Waals surface area contributed by atoms with Crippen molar-refractivity contribution in [1.29, 1.82) is 0 Å². The van der Waals surface area contributed by atoms with E-state index in [0.29, 0.717) is 32.8 Å². The highest BCUT2D eigenvalue weighted by atomic mass is 16.5. The number of rotatable bonds is 8. The molecule has 9 heteroatoms. The van der Waals surface area contributed by atoms with Crippen LogP contribution in [-0.2, 0) is 9.59 Å². The van der Waals surface area contributed by atoms with Crippen LogP contribution in [0.3, 0.4) is 0 Å². The third kappa shape index (κ3) is 5.53. The molecule has 0 saturated carbocycles. The van der Waals surface area contributed by atoms with Gasteiger partial charge in [-0.15, -0.1) is 0 Å². The van der Waals surface area contributed by atoms with Crippen LogP contribution < -0.4 is 20.3 Å². The first kappa shape index (κ1) is 21.2. The van der Waals surface area contributed by atoms with Crippen LogP contribution in [-0.4, -0.2) is 68.5 Å². The first-order chi connectivity index (χ1) is 14.6. The normalized spacial score (nSPS) is 13.6. The van der Waals surface area contributed by atoms with E-state index in [-0.39, 0.29) is 24.8 Å². The van der Waals surface area contributed by atoms with E-state index in [1.54, 1.807) is 11.0 Å². The topological polar surface area (TPSA) is 104 Å². The second kappa shape index (κ2) is 10.3. The summed E-state index contributed by atoms with van der Waals surface area (Å²) in [4.78, 5) is 39.9. The molecule has 1 aliphatic rings. The van der Waals surface area contributed by atoms with Crippen molar-refractivity contribution in [3.8, 4) is 5.75 Å². The maximum absolute atomic E-state index is 12.4. The monoisotopic (exact) mass is 414 g/mol. The Labute approximate surface area is 175 Å². The number of nitrogens with one attached hydrogen (secondary N) is 2. The highest BCUT2D eigenvalue weighted by molar-refractivity contribution is 5.94. The number of carbonyl (C=O) groups is 3. The van der Waals surface area contributed by atoms with E-state index in [2.05, 4.69) is 15.5 Å². The maximum Gasteiger partial charge on any atom is 0.287 e. The lowest BCUT2D eigenvalue weighted by Crippen LogP contribution is -2.51. The van der Waals surface area contributed by atoms with E-state index in [9.17, 15) is 14.4 Å². The summed E-state index contributed by atoms with van der Waals surface area (Å²) in [5.41, 5.74) is 1.02. The molecule has 1 fully saturated rings. The van der Waals surface area contributed by atoms with Gasteiger partial charge in [0.05, 0.1) is 31.6 Å². The number of amides is 3. The zero-order chi connectivity index (χ0) is 21.3. The molecule has 0 spiro atoms. The largest absolute Gasteiger partial charge is 0.492 e. The maximum atomic E-state index is 12.4. The van der Waals surface area contributed by atoms with Gasteiger partial charge in [-0.1, -0.05) is 12.1 Å². The number of benzene rings is 1. The molecule has 3 amide bonds. The highest BCUT2D eigenvalue weighted by Gasteiger charge is 2.23. The fraction of sp³-hybridized carbons (Fsp3) is 0.381. The molecule has 1 saturated heterocycles. The first-order valence-corrected chi connectivity index (χ1v) is 9.91. The number of furan rings is 1. The second-order valence-corrected chi connectivity index (χ2v) is 6.71. The highest BCUT2D eigenvalue weighted by Crippen LogP contribution is 2.28. The van der Waals surface area contributed by atoms with E-state index in [1.807, 2.05) is 31.2 Å². The third-order valence-corrected chi connectivity index (χ3v) is 4.73. The van der Waals surface area contributed by atoms with E-state index in [1.165, 1.54) is 12.3 Å². The number of hydrogen-bond acceptors (Lipinski definition) is 6. The first-order valence-electron chi connectivity index (χ1n) is 9.91. The molecular weight excluding hydrogens is 388 g/mol. The van der Waals surface area contributed by atoms with E-state index in [4.69, 9.17) is 9.15 Å². The summed E-state index contributed by atoms with van der Waals surface area (Å²) in [6.07, 6.45) is 1.38. The van der Waals surface area contributed by atoms with E-state index < -0.39 is 11.8 Å². The number of piperazine rings is 1. The van der Waals surface area contributed by atoms with Crippen LogP contribution in [0.4, 0.5) is 5.69 Å². The number of hydrogen-bond donors (Lipinski definition) is 2. The van der Waals surface area contributed by atoms with Crippen molar-refractivity contribution in [1.82, 2.24) is 15.5 Å². The average Bonchev–Trinajstić information content (AvgIpc) is 3.32. The van der Waals surface area contributed by atoms with Gasteiger partial charge in [-0.25, -0.2) is 0 Å². The Hall–Kier alpha value is -3.49. The van der Waals surface area contributed by atoms with Crippen LogP contribution in [0.1, 0.15) is 17.5 Å². The van der Waals surface area contributed by atoms with Gasteiger partial charge in [0.25, 0.3) is 5.91 Å². The minimum Gasteiger partial charge on any atom is -0.492 e. The van der Waals surface area contributed by atoms with Crippen LogP contribution >= 0.6 is 0 Å². The summed E-state index contributed by atoms with van der Waals surface area (Å²) in [5, 5.41) is 4.98. The van der Waals surface area contributed by atoms with Gasteiger partial charge in [-0.3, -0.25) is 14.4 Å². The summed E-state index contributed by atoms with van der Waals surface area (Å²) < 4.78 is 10.6. The fourth-order valence-electron chi connectivity index (χ4n) is 3.20. The van der Waals surface area contributed by atoms with Gasteiger partial charge in [-0.2, -0.15) is 0 Å². The predicted octanol–water partition coefficient (Wildman–Crippen LogP) is 0.873. The Kier molecular flexibility index (Phi) is 7.31. The average molecular weight is 414 g/mol. The van der Waals surface area contributed by atoms with Crippen molar-refractivity contribution in [3.63, 3.8) is 0 Å². The lowest BCUT2D eigenvalue weighted by atomic mass is 10.2. The van der Waals surface area contributed by atoms with Crippen molar-refractivity contribution in [2.75, 3.05) is 50.8 Å². The Bertz CT molecular complexity index is 860. The summed E-state index contributed by atoms with van der Waals surface area (Å²) in [6.45, 7) is 4.70. The minimum atomic E-state index is -0.482. The Balaban J connectivity index is 1.40. The summed E-state index contributed by atoms with van der Waals surface area (Å²) >= 11 is 0. The molecule has 0 atom stereocenters. The van der Waals surface area contributed by atoms with Gasteiger partial charge in [-0.05, 0) is 31.2 Å². The third-order valence-electron chi connectivity index (χ3n) is 4.73. The van der Waals surface area contributed by atoms with Crippen molar-refractivity contribution < 1.29 is 23.5 Å². The van der Waals surface area contributed by atoms with E-state index in [0.717, 1.165) is 11.4 Å². The van der Waals surface area contributed by atoms with Gasteiger partial charge >= 0.3 is 0 Å². The molecule has 2 aromatic rings. The SMILES string of the molecule is CCOc1ccccc1N1CCN(C(=O)CNC(=O)CNC(=O)c2ccco2)CC1. The van der Waals surface area contributed by atoms with Gasteiger partial charge < -0.3 is 29.6 Å². The van der Waals surface area contributed by atoms with Gasteiger partial charge in [0.2, 0.25) is 11.8 Å². The van der Waals surface area contributed by atoms with Crippen molar-refractivity contribution in [2.45, 2.75) is 6.92 Å². The molecule has 1 aliphatic heterocycles. The van der Waals surface area contributed by atoms with Crippen molar-refractivity contribution >= 4 is 23.4 Å². The van der Waals surface area contributed by atoms with Crippen molar-refractivity contribution in [2.24, 2.45) is 0 Å². The number of nitrogens with zero attached hydrogens (tertiary/aromatic N) is 2. The molecule has 3 rings (SSSR count). The Morgan fingerprint density at radius 1 is 1.00 bits per heavy atom. The summed E-state index contributed by atoms with van der Waals surface area (Å²) in [7, 11) is 0. The lowest BCUT2D eigenvalue weighted by Gasteiger charge is -2.36. The zero-order valence-corrected chi connectivity index (χ0v) is 16.9. The van der Waals surface area contributed by atoms with E-state index >= 15 is 0 Å². The minimum absolute atomic E-state index is 0.106. The number of carbonyl (C=O) groups excluding carboxylic acids is 3. The summed E-state index contributed by atoms with van der Waals surface area (Å²) in [5.74, 6) is -0.109. The molecule has 2 heterocycles. The number of ether oxygens (including phenoxy) is 1. The van der Waals surface area contributed by atoms with Gasteiger partial charge in [0, 0.05) is 26.2 Å². The van der Waals surface area contributed by atoms with Crippen LogP contribution in [0, 0.1) is 0 Å². The van der Waals surface area contributed by atoms with Crippen LogP contribution in [0.5, 0.6) is 5.75 Å². The number of para-hydroxylation sites is 2. The van der Waals surface area contributed by atoms with Crippen LogP contribution in [0.2, 0.25) is 0 Å². The van der Waals surface area contributed by atoms with Gasteiger partial charge in [0.15, 0.2) is 5.76 Å². The van der Waals surface area contributed by atoms with Crippen molar-refractivity contribution in [3.05, 3.63) is 48.4 Å². The predicted molar refractivity (Wildman–Crippen MR) is 110 cm³/mol. The quantitative estimate of drug-likeness (QED) is 0.664. The lowest BCUT2D eigenvalue weighted by molar-refractivity contribution is -0.132. The molecule has 160 valence electrons. The zero-order valence-electron chi connectivity index (χ0n) is 16.9. The molecule has 30 heavy (non-hydrogen) atoms. The number of anilines is 1. The molecule has 0 radical (unpaired) electrons.